The summed E-state index contributed by atoms with van der Waals surface area (Å²) >= 11 is 0. The number of nitrogens with one attached hydrogen (secondary N) is 7. The molecule has 0 fully saturated rings. The molecule has 0 saturated heterocycles. The van der Waals surface area contributed by atoms with E-state index in [1.54, 1.807) is 27.7 Å². The molecule has 18 nitrogen and oxygen atoms in total. The summed E-state index contributed by atoms with van der Waals surface area (Å²) in [7, 11) is 1.43. The monoisotopic (exact) mass is 809 g/mol. The van der Waals surface area contributed by atoms with Crippen molar-refractivity contribution in [3.05, 3.63) is 12.2 Å². The number of allylic oxidation sites excluding steroid dienone is 2. The second-order valence-electron chi connectivity index (χ2n) is 15.4. The number of carbonyl (C=O) groups excluding carboxylic acids is 8. The molecule has 0 bridgehead atoms. The maximum Gasteiger partial charge on any atom is 0.305 e. The van der Waals surface area contributed by atoms with Crippen LogP contribution in [0, 0.1) is 11.8 Å². The molecule has 0 aliphatic rings. The number of rotatable bonds is 29. The molecular formula is C39H68N8O10. The molecule has 6 unspecified atom stereocenters. The average molecular weight is 809 g/mol. The third-order valence-electron chi connectivity index (χ3n) is 9.96. The zero-order chi connectivity index (χ0) is 43.9. The molecule has 0 rings (SSSR count). The van der Waals surface area contributed by atoms with Gasteiger partial charge in [-0.2, -0.15) is 0 Å². The molecule has 324 valence electrons. The Balaban J connectivity index is 5.81. The highest BCUT2D eigenvalue weighted by atomic mass is 16.4. The summed E-state index contributed by atoms with van der Waals surface area (Å²) in [6.07, 6.45) is 6.32. The predicted octanol–water partition coefficient (Wildman–Crippen LogP) is 0.820. The van der Waals surface area contributed by atoms with E-state index in [9.17, 15) is 48.3 Å². The minimum atomic E-state index is -1.60. The number of nitrogens with two attached hydrogens (primary N) is 1. The summed E-state index contributed by atoms with van der Waals surface area (Å²) in [6.45, 7) is 14.0. The van der Waals surface area contributed by atoms with Gasteiger partial charge in [0, 0.05) is 25.9 Å². The Labute approximate surface area is 336 Å². The summed E-state index contributed by atoms with van der Waals surface area (Å²) in [5.74, 6) is -5.31. The van der Waals surface area contributed by atoms with Crippen LogP contribution >= 0.6 is 0 Å². The van der Waals surface area contributed by atoms with Crippen LogP contribution in [0.15, 0.2) is 12.2 Å². The van der Waals surface area contributed by atoms with E-state index in [0.717, 1.165) is 6.42 Å². The Bertz CT molecular complexity index is 1420. The van der Waals surface area contributed by atoms with Crippen molar-refractivity contribution in [2.24, 2.45) is 17.6 Å². The molecule has 0 aromatic heterocycles. The molecular weight excluding hydrogens is 740 g/mol. The molecule has 0 radical (unpaired) electrons. The van der Waals surface area contributed by atoms with E-state index in [0.29, 0.717) is 25.7 Å². The number of carbonyl (C=O) groups is 9. The molecule has 0 aliphatic heterocycles. The molecule has 10 N–H and O–H groups in total. The van der Waals surface area contributed by atoms with Crippen molar-refractivity contribution in [3.63, 3.8) is 0 Å². The van der Waals surface area contributed by atoms with Gasteiger partial charge in [-0.15, -0.1) is 0 Å². The second-order valence-corrected chi connectivity index (χ2v) is 15.4. The molecule has 57 heavy (non-hydrogen) atoms. The number of carboxylic acid groups (broad SMARTS) is 1. The Morgan fingerprint density at radius 1 is 0.737 bits per heavy atom. The third-order valence-corrected chi connectivity index (χ3v) is 9.96. The van der Waals surface area contributed by atoms with Crippen LogP contribution in [0.2, 0.25) is 0 Å². The number of hydrogen-bond donors (Lipinski definition) is 9. The van der Waals surface area contributed by atoms with Crippen molar-refractivity contribution in [1.29, 1.82) is 0 Å². The summed E-state index contributed by atoms with van der Waals surface area (Å²) in [5, 5.41) is 27.6. The molecule has 0 aromatic carbocycles. The number of aliphatic carboxylic acids is 1. The van der Waals surface area contributed by atoms with Gasteiger partial charge in [0.25, 0.3) is 0 Å². The van der Waals surface area contributed by atoms with Crippen LogP contribution in [0.1, 0.15) is 126 Å². The molecule has 0 saturated carbocycles. The van der Waals surface area contributed by atoms with Gasteiger partial charge >= 0.3 is 5.97 Å². The van der Waals surface area contributed by atoms with Crippen molar-refractivity contribution in [2.75, 3.05) is 7.05 Å². The summed E-state index contributed by atoms with van der Waals surface area (Å²) in [5.41, 5.74) is 2.21. The minimum Gasteiger partial charge on any atom is -0.481 e. The first-order valence-electron chi connectivity index (χ1n) is 19.7. The van der Waals surface area contributed by atoms with E-state index in [2.05, 4.69) is 37.2 Å². The Morgan fingerprint density at radius 3 is 1.75 bits per heavy atom. The zero-order valence-electron chi connectivity index (χ0n) is 35.2. The lowest BCUT2D eigenvalue weighted by Gasteiger charge is -2.33. The first kappa shape index (κ1) is 52.0. The maximum atomic E-state index is 13.6. The molecule has 18 heteroatoms. The van der Waals surface area contributed by atoms with Crippen LogP contribution in [0.25, 0.3) is 0 Å². The van der Waals surface area contributed by atoms with Crippen molar-refractivity contribution in [1.82, 2.24) is 37.2 Å². The highest BCUT2D eigenvalue weighted by molar-refractivity contribution is 5.97. The van der Waals surface area contributed by atoms with Crippen molar-refractivity contribution in [2.45, 2.75) is 161 Å². The van der Waals surface area contributed by atoms with Crippen LogP contribution in [0.3, 0.4) is 0 Å². The highest BCUT2D eigenvalue weighted by Crippen LogP contribution is 2.19. The summed E-state index contributed by atoms with van der Waals surface area (Å²) in [6, 6.07) is -3.36. The topological polar surface area (TPSA) is 284 Å². The fourth-order valence-corrected chi connectivity index (χ4v) is 5.74. The normalized spacial score (nSPS) is 16.0. The second kappa shape index (κ2) is 26.0. The van der Waals surface area contributed by atoms with Gasteiger partial charge in [0.05, 0.1) is 6.42 Å². The Hall–Kier alpha value is -5.03. The lowest BCUT2D eigenvalue weighted by molar-refractivity contribution is -0.141. The van der Waals surface area contributed by atoms with E-state index in [1.807, 2.05) is 32.9 Å². The first-order valence-corrected chi connectivity index (χ1v) is 19.7. The van der Waals surface area contributed by atoms with Crippen molar-refractivity contribution < 1.29 is 48.3 Å². The van der Waals surface area contributed by atoms with Crippen LogP contribution in [-0.4, -0.2) is 101 Å². The van der Waals surface area contributed by atoms with Crippen LogP contribution in [-0.2, 0) is 43.2 Å². The van der Waals surface area contributed by atoms with Crippen LogP contribution in [0.4, 0.5) is 0 Å². The number of likely N-dealkylation sites (N-methyl/N-ethyl adjacent to an activating group) is 1. The van der Waals surface area contributed by atoms with Gasteiger partial charge in [-0.25, -0.2) is 0 Å². The largest absolute Gasteiger partial charge is 0.481 e. The Kier molecular flexibility index (Phi) is 23.7. The fraction of sp³-hybridized carbons (Fsp3) is 0.718. The van der Waals surface area contributed by atoms with Crippen LogP contribution in [0.5, 0.6) is 0 Å². The lowest BCUT2D eigenvalue weighted by atomic mass is 9.91. The molecule has 0 aromatic rings. The molecule has 0 heterocycles. The average Bonchev–Trinajstić information content (AvgIpc) is 3.13. The maximum absolute atomic E-state index is 13.6. The zero-order valence-corrected chi connectivity index (χ0v) is 35.2. The fourth-order valence-electron chi connectivity index (χ4n) is 5.74. The van der Waals surface area contributed by atoms with Crippen molar-refractivity contribution >= 4 is 53.7 Å². The van der Waals surface area contributed by atoms with E-state index >= 15 is 0 Å². The third kappa shape index (κ3) is 19.6. The molecule has 0 aliphatic carbocycles. The molecule has 0 spiro atoms. The number of primary amides is 1. The number of amides is 8. The van der Waals surface area contributed by atoms with Gasteiger partial charge in [0.1, 0.15) is 29.2 Å². The highest BCUT2D eigenvalue weighted by Gasteiger charge is 2.39. The Morgan fingerprint density at radius 2 is 1.28 bits per heavy atom. The van der Waals surface area contributed by atoms with Crippen LogP contribution < -0.4 is 43.0 Å². The standard InChI is InChI=1S/C39H68N8O10/c1-10-25(4)26(5)43-33(53)27(6)44-36(56)38(7,46-30(50)19-17-18-29(40)49)20-15-13-11-12-14-16-21-39(8,37(57)45-32(24(2)3)35(55)41-9)47-34(54)28(42-23-48)22-31(51)52/h11-12,23-28,32H,10,13-22H2,1-9H3,(H2,40,49)(H,41,55)(H,42,48)(H,43,53)(H,44,56)(H,45,57)(H,46,50)(H,47,54)(H,51,52)/b12-11+/t25-,26?,27?,28?,32?,38?,39?/m0/s1. The van der Waals surface area contributed by atoms with Gasteiger partial charge < -0.3 is 48.1 Å². The van der Waals surface area contributed by atoms with Gasteiger partial charge in [0.2, 0.25) is 47.8 Å². The van der Waals surface area contributed by atoms with Gasteiger partial charge in [-0.3, -0.25) is 43.2 Å². The number of carboxylic acids is 1. The van der Waals surface area contributed by atoms with Gasteiger partial charge in [-0.1, -0.05) is 46.3 Å². The van der Waals surface area contributed by atoms with Gasteiger partial charge in [0.15, 0.2) is 0 Å². The van der Waals surface area contributed by atoms with Crippen molar-refractivity contribution in [3.8, 4) is 0 Å². The summed E-state index contributed by atoms with van der Waals surface area (Å²) < 4.78 is 0. The predicted molar refractivity (Wildman–Crippen MR) is 214 cm³/mol. The molecule has 7 atom stereocenters. The van der Waals surface area contributed by atoms with Gasteiger partial charge in [-0.05, 0) is 84.5 Å². The number of hydrogen-bond acceptors (Lipinski definition) is 9. The number of unbranched alkanes of at least 4 members (excludes halogenated alkanes) is 2. The van der Waals surface area contributed by atoms with E-state index in [4.69, 9.17) is 5.73 Å². The van der Waals surface area contributed by atoms with E-state index < -0.39 is 77.0 Å². The SMILES string of the molecule is CC[C@H](C)C(C)NC(=O)C(C)NC(=O)C(C)(CCC/C=C/CCCC(C)(NC(=O)C(CC(=O)O)NC=O)C(=O)NC(C(=O)NC)C(C)C)NC(=O)CCCC(N)=O. The smallest absolute Gasteiger partial charge is 0.305 e. The minimum absolute atomic E-state index is 0.0139. The van der Waals surface area contributed by atoms with E-state index in [1.165, 1.54) is 14.0 Å². The first-order chi connectivity index (χ1) is 26.6. The molecule has 8 amide bonds. The summed E-state index contributed by atoms with van der Waals surface area (Å²) in [4.78, 5) is 112. The lowest BCUT2D eigenvalue weighted by Crippen LogP contribution is -2.63. The van der Waals surface area contributed by atoms with E-state index in [-0.39, 0.29) is 62.3 Å². The quantitative estimate of drug-likeness (QED) is 0.0291.